The molecule has 1 aliphatic carbocycles. The fourth-order valence-corrected chi connectivity index (χ4v) is 4.16. The minimum Gasteiger partial charge on any atom is -0.391 e. The molecule has 1 aromatic rings. The molecule has 0 spiro atoms. The molecule has 1 heterocycles. The van der Waals surface area contributed by atoms with E-state index in [1.54, 1.807) is 0 Å². The summed E-state index contributed by atoms with van der Waals surface area (Å²) < 4.78 is 0. The van der Waals surface area contributed by atoms with E-state index in [4.69, 9.17) is 0 Å². The van der Waals surface area contributed by atoms with E-state index in [0.717, 1.165) is 18.3 Å². The number of likely N-dealkylation sites (tertiary alicyclic amines) is 1. The molecular formula is C19H29NO. The molecule has 116 valence electrons. The molecule has 2 fully saturated rings. The smallest absolute Gasteiger partial charge is 0.0695 e. The van der Waals surface area contributed by atoms with Crippen LogP contribution in [0.2, 0.25) is 0 Å². The van der Waals surface area contributed by atoms with Gasteiger partial charge in [0.15, 0.2) is 0 Å². The minimum absolute atomic E-state index is 0.0909. The monoisotopic (exact) mass is 287 g/mol. The Hall–Kier alpha value is -0.860. The van der Waals surface area contributed by atoms with Gasteiger partial charge in [0, 0.05) is 6.04 Å². The number of benzene rings is 1. The molecule has 1 saturated carbocycles. The lowest BCUT2D eigenvalue weighted by Gasteiger charge is -2.43. The van der Waals surface area contributed by atoms with Gasteiger partial charge in [-0.05, 0) is 69.0 Å². The van der Waals surface area contributed by atoms with Crippen molar-refractivity contribution >= 4 is 0 Å². The van der Waals surface area contributed by atoms with Crippen molar-refractivity contribution in [3.63, 3.8) is 0 Å². The highest BCUT2D eigenvalue weighted by Gasteiger charge is 2.33. The maximum absolute atomic E-state index is 10.3. The zero-order valence-electron chi connectivity index (χ0n) is 13.2. The van der Waals surface area contributed by atoms with Gasteiger partial charge in [-0.15, -0.1) is 0 Å². The van der Waals surface area contributed by atoms with Crippen LogP contribution in [0.3, 0.4) is 0 Å². The number of piperidine rings is 1. The van der Waals surface area contributed by atoms with Gasteiger partial charge in [-0.25, -0.2) is 0 Å². The molecule has 0 bridgehead atoms. The van der Waals surface area contributed by atoms with Gasteiger partial charge in [0.2, 0.25) is 0 Å². The summed E-state index contributed by atoms with van der Waals surface area (Å²) in [5.74, 6) is 1.60. The summed E-state index contributed by atoms with van der Waals surface area (Å²) in [5.41, 5.74) is 1.47. The molecule has 0 aromatic heterocycles. The number of rotatable bonds is 3. The van der Waals surface area contributed by atoms with Crippen LogP contribution in [0.1, 0.15) is 44.6 Å². The predicted molar refractivity (Wildman–Crippen MR) is 87.3 cm³/mol. The van der Waals surface area contributed by atoms with Gasteiger partial charge in [-0.3, -0.25) is 4.90 Å². The van der Waals surface area contributed by atoms with Gasteiger partial charge in [0.25, 0.3) is 0 Å². The zero-order valence-corrected chi connectivity index (χ0v) is 13.2. The molecule has 2 heteroatoms. The lowest BCUT2D eigenvalue weighted by atomic mass is 9.82. The third-order valence-corrected chi connectivity index (χ3v) is 5.53. The van der Waals surface area contributed by atoms with Crippen molar-refractivity contribution in [2.75, 3.05) is 13.1 Å². The Morgan fingerprint density at radius 3 is 2.48 bits per heavy atom. The molecule has 2 nitrogen and oxygen atoms in total. The van der Waals surface area contributed by atoms with Crippen LogP contribution in [0.4, 0.5) is 0 Å². The van der Waals surface area contributed by atoms with Crippen LogP contribution in [0, 0.1) is 11.8 Å². The average molecular weight is 287 g/mol. The third-order valence-electron chi connectivity index (χ3n) is 5.53. The van der Waals surface area contributed by atoms with E-state index in [9.17, 15) is 5.11 Å². The highest BCUT2D eigenvalue weighted by molar-refractivity contribution is 5.15. The van der Waals surface area contributed by atoms with E-state index in [0.29, 0.717) is 6.04 Å². The lowest BCUT2D eigenvalue weighted by Crippen LogP contribution is -2.50. The lowest BCUT2D eigenvalue weighted by molar-refractivity contribution is -0.00847. The van der Waals surface area contributed by atoms with Crippen molar-refractivity contribution in [1.29, 1.82) is 0 Å². The van der Waals surface area contributed by atoms with Crippen molar-refractivity contribution in [1.82, 2.24) is 4.90 Å². The molecule has 3 unspecified atom stereocenters. The Morgan fingerprint density at radius 1 is 1.05 bits per heavy atom. The number of aliphatic hydroxyl groups is 1. The van der Waals surface area contributed by atoms with Crippen LogP contribution in [0.25, 0.3) is 0 Å². The van der Waals surface area contributed by atoms with Crippen molar-refractivity contribution < 1.29 is 5.11 Å². The van der Waals surface area contributed by atoms with Crippen LogP contribution < -0.4 is 0 Å². The topological polar surface area (TPSA) is 23.5 Å². The standard InChI is InChI=1S/C19H29NO/c1-15-7-8-19(21)18(13-15)20-11-9-17(10-12-20)14-16-5-3-2-4-6-16/h2-6,15,17-19,21H,7-14H2,1H3. The number of hydrogen-bond donors (Lipinski definition) is 1. The fourth-order valence-electron chi connectivity index (χ4n) is 4.16. The SMILES string of the molecule is CC1CCC(O)C(N2CCC(Cc3ccccc3)CC2)C1. The Kier molecular flexibility index (Phi) is 4.97. The van der Waals surface area contributed by atoms with E-state index < -0.39 is 0 Å². The fraction of sp³-hybridized carbons (Fsp3) is 0.684. The quantitative estimate of drug-likeness (QED) is 0.920. The summed E-state index contributed by atoms with van der Waals surface area (Å²) in [6, 6.07) is 11.3. The molecule has 1 N–H and O–H groups in total. The van der Waals surface area contributed by atoms with E-state index in [1.807, 2.05) is 0 Å². The Balaban J connectivity index is 1.50. The molecule has 1 aliphatic heterocycles. The van der Waals surface area contributed by atoms with Crippen molar-refractivity contribution in [3.05, 3.63) is 35.9 Å². The maximum Gasteiger partial charge on any atom is 0.0695 e. The minimum atomic E-state index is -0.0909. The van der Waals surface area contributed by atoms with Crippen molar-refractivity contribution in [3.8, 4) is 0 Å². The summed E-state index contributed by atoms with van der Waals surface area (Å²) in [6.07, 6.45) is 7.08. The third kappa shape index (κ3) is 3.87. The van der Waals surface area contributed by atoms with Gasteiger partial charge < -0.3 is 5.11 Å². The van der Waals surface area contributed by atoms with Crippen LogP contribution in [-0.4, -0.2) is 35.2 Å². The normalized spacial score (nSPS) is 32.2. The molecule has 0 amide bonds. The number of aliphatic hydroxyl groups excluding tert-OH is 1. The summed E-state index contributed by atoms with van der Waals surface area (Å²) in [5, 5.41) is 10.3. The Bertz CT molecular complexity index is 424. The molecular weight excluding hydrogens is 258 g/mol. The van der Waals surface area contributed by atoms with Gasteiger partial charge in [0.05, 0.1) is 6.10 Å². The van der Waals surface area contributed by atoms with E-state index in [-0.39, 0.29) is 6.10 Å². The van der Waals surface area contributed by atoms with E-state index in [2.05, 4.69) is 42.2 Å². The average Bonchev–Trinajstić information content (AvgIpc) is 2.52. The second-order valence-electron chi connectivity index (χ2n) is 7.22. The highest BCUT2D eigenvalue weighted by Crippen LogP contribution is 2.31. The molecule has 3 rings (SSSR count). The van der Waals surface area contributed by atoms with Crippen LogP contribution in [-0.2, 0) is 6.42 Å². The first kappa shape index (κ1) is 15.1. The number of nitrogens with zero attached hydrogens (tertiary/aromatic N) is 1. The van der Waals surface area contributed by atoms with Gasteiger partial charge in [-0.1, -0.05) is 37.3 Å². The second-order valence-corrected chi connectivity index (χ2v) is 7.22. The zero-order chi connectivity index (χ0) is 14.7. The highest BCUT2D eigenvalue weighted by atomic mass is 16.3. The summed E-state index contributed by atoms with van der Waals surface area (Å²) in [6.45, 7) is 4.68. The Morgan fingerprint density at radius 2 is 1.76 bits per heavy atom. The van der Waals surface area contributed by atoms with Gasteiger partial charge in [0.1, 0.15) is 0 Å². The van der Waals surface area contributed by atoms with Crippen LogP contribution >= 0.6 is 0 Å². The van der Waals surface area contributed by atoms with Crippen LogP contribution in [0.5, 0.6) is 0 Å². The van der Waals surface area contributed by atoms with Crippen molar-refractivity contribution in [2.45, 2.75) is 57.6 Å². The number of hydrogen-bond acceptors (Lipinski definition) is 2. The first-order valence-corrected chi connectivity index (χ1v) is 8.68. The maximum atomic E-state index is 10.3. The molecule has 3 atom stereocenters. The summed E-state index contributed by atoms with van der Waals surface area (Å²) in [7, 11) is 0. The van der Waals surface area contributed by atoms with Gasteiger partial charge >= 0.3 is 0 Å². The molecule has 1 saturated heterocycles. The Labute approximate surface area is 129 Å². The largest absolute Gasteiger partial charge is 0.391 e. The van der Waals surface area contributed by atoms with Crippen molar-refractivity contribution in [2.24, 2.45) is 11.8 Å². The molecule has 2 aliphatic rings. The van der Waals surface area contributed by atoms with Gasteiger partial charge in [-0.2, -0.15) is 0 Å². The van der Waals surface area contributed by atoms with E-state index in [1.165, 1.54) is 50.8 Å². The first-order valence-electron chi connectivity index (χ1n) is 8.68. The molecule has 1 aromatic carbocycles. The first-order chi connectivity index (χ1) is 10.2. The van der Waals surface area contributed by atoms with E-state index >= 15 is 0 Å². The molecule has 21 heavy (non-hydrogen) atoms. The molecule has 0 radical (unpaired) electrons. The summed E-state index contributed by atoms with van der Waals surface area (Å²) in [4.78, 5) is 2.57. The van der Waals surface area contributed by atoms with Crippen LogP contribution in [0.15, 0.2) is 30.3 Å². The second kappa shape index (κ2) is 6.93. The summed E-state index contributed by atoms with van der Waals surface area (Å²) >= 11 is 0. The predicted octanol–water partition coefficient (Wildman–Crippen LogP) is 3.49.